The van der Waals surface area contributed by atoms with Crippen LogP contribution in [-0.2, 0) is 16.2 Å². The van der Waals surface area contributed by atoms with Crippen LogP contribution in [-0.4, -0.2) is 67.4 Å². The fourth-order valence-electron chi connectivity index (χ4n) is 3.51. The van der Waals surface area contributed by atoms with E-state index in [4.69, 9.17) is 15.0 Å². The first-order valence-corrected chi connectivity index (χ1v) is 9.39. The van der Waals surface area contributed by atoms with Crippen molar-refractivity contribution in [1.29, 1.82) is 5.41 Å². The number of benzene rings is 1. The summed E-state index contributed by atoms with van der Waals surface area (Å²) in [5, 5.41) is 42.4. The number of aromatic nitrogens is 2. The SMILES string of the molecule is Cc1ccc(CON2CNc3c(ncn3[C@@H]3O[C@H](CO)[C@@H](O)[C@H]3O)C2=N)cc1C. The highest BCUT2D eigenvalue weighted by Crippen LogP contribution is 2.34. The van der Waals surface area contributed by atoms with E-state index in [1.165, 1.54) is 27.1 Å². The first-order valence-electron chi connectivity index (χ1n) is 9.39. The van der Waals surface area contributed by atoms with Gasteiger partial charge in [-0.1, -0.05) is 18.2 Å². The number of hydrogen-bond acceptors (Lipinski definition) is 8. The van der Waals surface area contributed by atoms with Gasteiger partial charge in [0.05, 0.1) is 12.9 Å². The second kappa shape index (κ2) is 7.73. The van der Waals surface area contributed by atoms with E-state index < -0.39 is 31.1 Å². The first-order chi connectivity index (χ1) is 13.9. The Balaban J connectivity index is 1.47. The van der Waals surface area contributed by atoms with E-state index in [0.717, 1.165) is 5.56 Å². The normalized spacial score (nSPS) is 26.5. The molecule has 156 valence electrons. The first kappa shape index (κ1) is 19.8. The summed E-state index contributed by atoms with van der Waals surface area (Å²) in [7, 11) is 0. The topological polar surface area (TPSA) is 136 Å². The van der Waals surface area contributed by atoms with Crippen LogP contribution in [0.5, 0.6) is 0 Å². The molecule has 5 N–H and O–H groups in total. The zero-order chi connectivity index (χ0) is 20.7. The molecule has 3 heterocycles. The van der Waals surface area contributed by atoms with Gasteiger partial charge in [0.25, 0.3) is 0 Å². The lowest BCUT2D eigenvalue weighted by molar-refractivity contribution is -0.108. The molecule has 2 aromatic rings. The molecular weight excluding hydrogens is 378 g/mol. The second-order valence-electron chi connectivity index (χ2n) is 7.33. The highest BCUT2D eigenvalue weighted by Gasteiger charge is 2.44. The van der Waals surface area contributed by atoms with Crippen LogP contribution in [0.2, 0.25) is 0 Å². The molecule has 0 aliphatic carbocycles. The zero-order valence-corrected chi connectivity index (χ0v) is 16.2. The number of anilines is 1. The van der Waals surface area contributed by atoms with Crippen molar-refractivity contribution in [2.75, 3.05) is 18.6 Å². The average molecular weight is 403 g/mol. The summed E-state index contributed by atoms with van der Waals surface area (Å²) in [4.78, 5) is 10.0. The summed E-state index contributed by atoms with van der Waals surface area (Å²) in [6, 6.07) is 6.08. The summed E-state index contributed by atoms with van der Waals surface area (Å²) in [5.74, 6) is 0.559. The Morgan fingerprint density at radius 3 is 2.76 bits per heavy atom. The van der Waals surface area contributed by atoms with Crippen molar-refractivity contribution in [3.05, 3.63) is 46.9 Å². The molecule has 4 rings (SSSR count). The van der Waals surface area contributed by atoms with Gasteiger partial charge in [0, 0.05) is 0 Å². The van der Waals surface area contributed by atoms with Gasteiger partial charge in [-0.25, -0.2) is 10.0 Å². The van der Waals surface area contributed by atoms with E-state index in [2.05, 4.69) is 23.3 Å². The number of aliphatic hydroxyl groups excluding tert-OH is 3. The molecule has 0 unspecified atom stereocenters. The lowest BCUT2D eigenvalue weighted by Crippen LogP contribution is -2.41. The monoisotopic (exact) mass is 403 g/mol. The van der Waals surface area contributed by atoms with Crippen molar-refractivity contribution >= 4 is 11.7 Å². The third-order valence-corrected chi connectivity index (χ3v) is 5.41. The molecule has 1 aromatic heterocycles. The van der Waals surface area contributed by atoms with Crippen molar-refractivity contribution in [1.82, 2.24) is 14.6 Å². The molecule has 0 spiro atoms. The Morgan fingerprint density at radius 2 is 2.07 bits per heavy atom. The van der Waals surface area contributed by atoms with E-state index in [1.807, 2.05) is 19.1 Å². The number of fused-ring (bicyclic) bond motifs is 1. The molecule has 1 saturated heterocycles. The molecule has 0 saturated carbocycles. The molecule has 1 aromatic carbocycles. The standard InChI is InChI=1S/C19H25N5O5/c1-10-3-4-12(5-11(10)2)7-28-24-9-22-18-14(17(24)20)21-8-23(18)19-16(27)15(26)13(6-25)29-19/h3-5,8,13,15-16,19-20,22,25-27H,6-7,9H2,1-2H3/t13-,15-,16-,19-/m1/s1. The summed E-state index contributed by atoms with van der Waals surface area (Å²) in [6.07, 6.45) is -2.79. The summed E-state index contributed by atoms with van der Waals surface area (Å²) >= 11 is 0. The van der Waals surface area contributed by atoms with Gasteiger partial charge in [-0.2, -0.15) is 0 Å². The lowest BCUT2D eigenvalue weighted by Gasteiger charge is -2.30. The molecule has 10 heteroatoms. The van der Waals surface area contributed by atoms with Gasteiger partial charge in [-0.15, -0.1) is 0 Å². The van der Waals surface area contributed by atoms with Crippen LogP contribution >= 0.6 is 0 Å². The number of aryl methyl sites for hydroxylation is 2. The molecule has 29 heavy (non-hydrogen) atoms. The molecule has 4 atom stereocenters. The maximum atomic E-state index is 10.3. The van der Waals surface area contributed by atoms with Gasteiger partial charge in [0.2, 0.25) is 0 Å². The average Bonchev–Trinajstić information content (AvgIpc) is 3.26. The maximum Gasteiger partial charge on any atom is 0.176 e. The van der Waals surface area contributed by atoms with Crippen LogP contribution in [0.25, 0.3) is 0 Å². The van der Waals surface area contributed by atoms with E-state index in [-0.39, 0.29) is 12.5 Å². The number of amidine groups is 1. The fraction of sp³-hybridized carbons (Fsp3) is 0.474. The highest BCUT2D eigenvalue weighted by atomic mass is 16.7. The van der Waals surface area contributed by atoms with Gasteiger partial charge in [0.15, 0.2) is 12.1 Å². The third-order valence-electron chi connectivity index (χ3n) is 5.41. The Hall–Kier alpha value is -2.50. The predicted octanol–water partition coefficient (Wildman–Crippen LogP) is 0.254. The number of nitrogens with one attached hydrogen (secondary N) is 2. The smallest absolute Gasteiger partial charge is 0.176 e. The van der Waals surface area contributed by atoms with E-state index in [0.29, 0.717) is 18.1 Å². The summed E-state index contributed by atoms with van der Waals surface area (Å²) in [5.41, 5.74) is 3.73. The predicted molar refractivity (Wildman–Crippen MR) is 103 cm³/mol. The van der Waals surface area contributed by atoms with Crippen LogP contribution in [0.1, 0.15) is 28.6 Å². The number of hydrogen-bond donors (Lipinski definition) is 5. The number of aliphatic hydroxyl groups is 3. The van der Waals surface area contributed by atoms with Gasteiger partial charge >= 0.3 is 0 Å². The number of nitrogens with zero attached hydrogens (tertiary/aromatic N) is 3. The zero-order valence-electron chi connectivity index (χ0n) is 16.2. The molecule has 2 aliphatic heterocycles. The van der Waals surface area contributed by atoms with Gasteiger partial charge < -0.3 is 25.4 Å². The molecule has 0 amide bonds. The van der Waals surface area contributed by atoms with E-state index in [1.54, 1.807) is 0 Å². The van der Waals surface area contributed by atoms with Crippen molar-refractivity contribution < 1.29 is 24.9 Å². The fourth-order valence-corrected chi connectivity index (χ4v) is 3.51. The number of ether oxygens (including phenoxy) is 1. The van der Waals surface area contributed by atoms with Gasteiger partial charge in [-0.3, -0.25) is 14.8 Å². The number of hydroxylamine groups is 2. The minimum absolute atomic E-state index is 0.0769. The number of rotatable bonds is 5. The minimum atomic E-state index is -1.22. The lowest BCUT2D eigenvalue weighted by atomic mass is 10.1. The molecule has 0 bridgehead atoms. The van der Waals surface area contributed by atoms with Crippen molar-refractivity contribution in [3.63, 3.8) is 0 Å². The highest BCUT2D eigenvalue weighted by molar-refractivity contribution is 5.99. The van der Waals surface area contributed by atoms with Gasteiger partial charge in [-0.05, 0) is 30.5 Å². The minimum Gasteiger partial charge on any atom is -0.394 e. The quantitative estimate of drug-likeness (QED) is 0.479. The Morgan fingerprint density at radius 1 is 1.28 bits per heavy atom. The second-order valence-corrected chi connectivity index (χ2v) is 7.33. The van der Waals surface area contributed by atoms with Crippen LogP contribution < -0.4 is 5.32 Å². The molecular formula is C19H25N5O5. The Bertz CT molecular complexity index is 916. The molecule has 10 nitrogen and oxygen atoms in total. The van der Waals surface area contributed by atoms with Crippen LogP contribution in [0, 0.1) is 19.3 Å². The van der Waals surface area contributed by atoms with Crippen molar-refractivity contribution in [3.8, 4) is 0 Å². The molecule has 2 aliphatic rings. The van der Waals surface area contributed by atoms with Crippen molar-refractivity contribution in [2.24, 2.45) is 0 Å². The Labute approximate surface area is 167 Å². The van der Waals surface area contributed by atoms with Crippen LogP contribution in [0.15, 0.2) is 24.5 Å². The van der Waals surface area contributed by atoms with Crippen LogP contribution in [0.3, 0.4) is 0 Å². The largest absolute Gasteiger partial charge is 0.394 e. The van der Waals surface area contributed by atoms with E-state index >= 15 is 0 Å². The maximum absolute atomic E-state index is 10.3. The third kappa shape index (κ3) is 3.49. The summed E-state index contributed by atoms with van der Waals surface area (Å²) < 4.78 is 7.07. The number of imidazole rings is 1. The molecule has 1 fully saturated rings. The molecule has 0 radical (unpaired) electrons. The van der Waals surface area contributed by atoms with Gasteiger partial charge in [0.1, 0.15) is 43.1 Å². The Kier molecular flexibility index (Phi) is 5.28. The summed E-state index contributed by atoms with van der Waals surface area (Å²) in [6.45, 7) is 4.21. The van der Waals surface area contributed by atoms with E-state index in [9.17, 15) is 15.3 Å². The van der Waals surface area contributed by atoms with Crippen LogP contribution in [0.4, 0.5) is 5.82 Å². The van der Waals surface area contributed by atoms with Crippen molar-refractivity contribution in [2.45, 2.75) is 45.0 Å².